The van der Waals surface area contributed by atoms with Crippen molar-refractivity contribution in [3.05, 3.63) is 76.8 Å². The summed E-state index contributed by atoms with van der Waals surface area (Å²) in [5.74, 6) is 0.633. The molecule has 1 aromatic heterocycles. The Labute approximate surface area is 203 Å². The summed E-state index contributed by atoms with van der Waals surface area (Å²) in [5, 5.41) is 14.6. The van der Waals surface area contributed by atoms with E-state index in [1.807, 2.05) is 68.4 Å². The van der Waals surface area contributed by atoms with Gasteiger partial charge in [0.1, 0.15) is 17.2 Å². The lowest BCUT2D eigenvalue weighted by Crippen LogP contribution is -2.16. The van der Waals surface area contributed by atoms with E-state index in [1.54, 1.807) is 6.07 Å². The van der Waals surface area contributed by atoms with Gasteiger partial charge in [0.05, 0.1) is 12.7 Å². The maximum Gasteiger partial charge on any atom is 0.303 e. The predicted octanol–water partition coefficient (Wildman–Crippen LogP) is 6.71. The van der Waals surface area contributed by atoms with Crippen LogP contribution in [0.5, 0.6) is 11.5 Å². The number of aliphatic carboxylic acids is 1. The van der Waals surface area contributed by atoms with Crippen LogP contribution in [0.4, 0.5) is 0 Å². The number of aromatic nitrogens is 1. The molecule has 4 aromatic rings. The molecule has 0 saturated carbocycles. The highest BCUT2D eigenvalue weighted by Crippen LogP contribution is 2.36. The molecule has 0 spiro atoms. The zero-order valence-electron chi connectivity index (χ0n) is 19.1. The van der Waals surface area contributed by atoms with E-state index in [9.17, 15) is 4.79 Å². The first-order chi connectivity index (χ1) is 16.4. The molecule has 3 aromatic carbocycles. The second-order valence-electron chi connectivity index (χ2n) is 8.22. The summed E-state index contributed by atoms with van der Waals surface area (Å²) in [6, 6.07) is 18.9. The van der Waals surface area contributed by atoms with Crippen LogP contribution in [0.2, 0.25) is 5.02 Å². The van der Waals surface area contributed by atoms with Crippen molar-refractivity contribution in [2.75, 3.05) is 6.61 Å². The van der Waals surface area contributed by atoms with Gasteiger partial charge in [-0.1, -0.05) is 35.0 Å². The normalized spacial score (nSPS) is 12.0. The molecule has 0 aliphatic heterocycles. The quantitative estimate of drug-likeness (QED) is 0.272. The number of halogens is 1. The van der Waals surface area contributed by atoms with Crippen molar-refractivity contribution in [1.29, 1.82) is 0 Å². The van der Waals surface area contributed by atoms with Gasteiger partial charge < -0.3 is 19.1 Å². The molecule has 7 heteroatoms. The average Bonchev–Trinajstić information content (AvgIpc) is 3.23. The fraction of sp³-hybridized carbons (Fsp3) is 0.259. The highest BCUT2D eigenvalue weighted by atomic mass is 35.5. The minimum Gasteiger partial charge on any atom is -0.493 e. The van der Waals surface area contributed by atoms with Gasteiger partial charge in [-0.3, -0.25) is 4.79 Å². The van der Waals surface area contributed by atoms with Crippen LogP contribution in [-0.2, 0) is 11.2 Å². The summed E-state index contributed by atoms with van der Waals surface area (Å²) in [5.41, 5.74) is 4.21. The van der Waals surface area contributed by atoms with Crippen molar-refractivity contribution in [3.63, 3.8) is 0 Å². The predicted molar refractivity (Wildman–Crippen MR) is 132 cm³/mol. The Morgan fingerprint density at radius 3 is 2.76 bits per heavy atom. The van der Waals surface area contributed by atoms with E-state index in [0.29, 0.717) is 41.5 Å². The molecule has 1 unspecified atom stereocenters. The van der Waals surface area contributed by atoms with Crippen LogP contribution in [0, 0.1) is 6.92 Å². The van der Waals surface area contributed by atoms with E-state index in [2.05, 4.69) is 5.16 Å². The molecule has 6 nitrogen and oxygen atoms in total. The molecule has 176 valence electrons. The number of hydrogen-bond acceptors (Lipinski definition) is 5. The number of ether oxygens (including phenoxy) is 2. The number of hydrogen-bond donors (Lipinski definition) is 1. The third-order valence-electron chi connectivity index (χ3n) is 5.62. The van der Waals surface area contributed by atoms with E-state index in [4.69, 9.17) is 30.7 Å². The number of benzene rings is 3. The van der Waals surface area contributed by atoms with Crippen LogP contribution in [0.1, 0.15) is 30.9 Å². The second-order valence-corrected chi connectivity index (χ2v) is 8.65. The molecule has 0 amide bonds. The number of aryl methyl sites for hydroxylation is 2. The zero-order valence-corrected chi connectivity index (χ0v) is 19.8. The van der Waals surface area contributed by atoms with Crippen LogP contribution < -0.4 is 9.47 Å². The first-order valence-corrected chi connectivity index (χ1v) is 11.5. The van der Waals surface area contributed by atoms with E-state index in [1.165, 1.54) is 0 Å². The Hall–Kier alpha value is -3.51. The summed E-state index contributed by atoms with van der Waals surface area (Å²) in [4.78, 5) is 10.8. The number of para-hydroxylation sites is 1. The fourth-order valence-corrected chi connectivity index (χ4v) is 3.94. The number of carbonyl (C=O) groups is 1. The van der Waals surface area contributed by atoms with Gasteiger partial charge in [0.2, 0.25) is 0 Å². The first kappa shape index (κ1) is 23.6. The van der Waals surface area contributed by atoms with Gasteiger partial charge in [0.25, 0.3) is 0 Å². The largest absolute Gasteiger partial charge is 0.493 e. The lowest BCUT2D eigenvalue weighted by molar-refractivity contribution is -0.136. The average molecular weight is 480 g/mol. The van der Waals surface area contributed by atoms with Gasteiger partial charge in [-0.2, -0.15) is 0 Å². The molecule has 34 heavy (non-hydrogen) atoms. The summed E-state index contributed by atoms with van der Waals surface area (Å²) >= 11 is 6.27. The number of carboxylic acids is 1. The van der Waals surface area contributed by atoms with E-state index < -0.39 is 5.97 Å². The van der Waals surface area contributed by atoms with Gasteiger partial charge in [0, 0.05) is 28.8 Å². The van der Waals surface area contributed by atoms with Crippen molar-refractivity contribution in [3.8, 4) is 22.8 Å². The Bertz CT molecular complexity index is 1300. The van der Waals surface area contributed by atoms with Gasteiger partial charge in [-0.25, -0.2) is 0 Å². The Morgan fingerprint density at radius 1 is 1.15 bits per heavy atom. The molecule has 0 fully saturated rings. The van der Waals surface area contributed by atoms with Gasteiger partial charge in [-0.15, -0.1) is 0 Å². The molecule has 0 saturated heterocycles. The smallest absolute Gasteiger partial charge is 0.303 e. The lowest BCUT2D eigenvalue weighted by atomic mass is 10.0. The molecule has 0 radical (unpaired) electrons. The molecule has 0 aliphatic carbocycles. The fourth-order valence-electron chi connectivity index (χ4n) is 3.77. The summed E-state index contributed by atoms with van der Waals surface area (Å²) in [7, 11) is 0. The number of fused-ring (bicyclic) bond motifs is 1. The number of rotatable bonds is 10. The van der Waals surface area contributed by atoms with Crippen molar-refractivity contribution in [2.24, 2.45) is 0 Å². The zero-order chi connectivity index (χ0) is 24.1. The highest BCUT2D eigenvalue weighted by Gasteiger charge is 2.17. The van der Waals surface area contributed by atoms with Crippen LogP contribution in [0.25, 0.3) is 22.2 Å². The lowest BCUT2D eigenvalue weighted by Gasteiger charge is -2.18. The molecule has 0 aliphatic rings. The molecular weight excluding hydrogens is 454 g/mol. The number of carboxylic acid groups (broad SMARTS) is 1. The topological polar surface area (TPSA) is 81.8 Å². The van der Waals surface area contributed by atoms with E-state index in [0.717, 1.165) is 27.8 Å². The molecule has 1 heterocycles. The maximum atomic E-state index is 10.8. The van der Waals surface area contributed by atoms with Crippen molar-refractivity contribution < 1.29 is 23.9 Å². The summed E-state index contributed by atoms with van der Waals surface area (Å²) < 4.78 is 17.6. The molecule has 1 N–H and O–H groups in total. The maximum absolute atomic E-state index is 10.8. The Kier molecular flexibility index (Phi) is 7.38. The van der Waals surface area contributed by atoms with Gasteiger partial charge >= 0.3 is 5.97 Å². The van der Waals surface area contributed by atoms with Gasteiger partial charge in [-0.05, 0) is 73.9 Å². The van der Waals surface area contributed by atoms with Crippen molar-refractivity contribution in [2.45, 2.75) is 39.2 Å². The van der Waals surface area contributed by atoms with E-state index >= 15 is 0 Å². The monoisotopic (exact) mass is 479 g/mol. The minimum absolute atomic E-state index is 0.117. The Morgan fingerprint density at radius 2 is 1.97 bits per heavy atom. The van der Waals surface area contributed by atoms with Gasteiger partial charge in [0.15, 0.2) is 5.58 Å². The third-order valence-corrected chi connectivity index (χ3v) is 5.85. The van der Waals surface area contributed by atoms with E-state index in [-0.39, 0.29) is 12.5 Å². The molecular formula is C27H26ClNO5. The summed E-state index contributed by atoms with van der Waals surface area (Å²) in [6.45, 7) is 4.43. The van der Waals surface area contributed by atoms with Crippen LogP contribution in [0.15, 0.2) is 65.2 Å². The Balaban J connectivity index is 1.39. The van der Waals surface area contributed by atoms with Crippen molar-refractivity contribution >= 4 is 28.5 Å². The summed E-state index contributed by atoms with van der Waals surface area (Å²) in [6.07, 6.45) is 1.18. The molecule has 4 rings (SSSR count). The minimum atomic E-state index is -0.797. The molecule has 1 atom stereocenters. The number of nitrogens with zero attached hydrogens (tertiary/aromatic N) is 1. The molecule has 0 bridgehead atoms. The van der Waals surface area contributed by atoms with Crippen LogP contribution >= 0.6 is 11.6 Å². The van der Waals surface area contributed by atoms with Crippen LogP contribution in [0.3, 0.4) is 0 Å². The van der Waals surface area contributed by atoms with Crippen molar-refractivity contribution in [1.82, 2.24) is 5.16 Å². The van der Waals surface area contributed by atoms with Crippen LogP contribution in [-0.4, -0.2) is 28.9 Å². The third kappa shape index (κ3) is 5.69. The first-order valence-electron chi connectivity index (χ1n) is 11.2. The highest BCUT2D eigenvalue weighted by molar-refractivity contribution is 6.31. The standard InChI is InChI=1S/C27H26ClNO5/c1-17-15-21(10-7-19(17)8-12-26(30)31)32-14-13-18(2)33-24-11-9-20(28)16-23(24)27-22-5-3-4-6-25(22)34-29-27/h3-7,9-11,15-16,18H,8,12-14H2,1-2H3,(H,30,31). The SMILES string of the molecule is Cc1cc(OCCC(C)Oc2ccc(Cl)cc2-c2noc3ccccc23)ccc1CCC(=O)O. The second kappa shape index (κ2) is 10.6.